The number of likely N-dealkylation sites (tertiary alicyclic amines) is 1. The summed E-state index contributed by atoms with van der Waals surface area (Å²) in [6, 6.07) is 7.96. The zero-order valence-corrected chi connectivity index (χ0v) is 15.5. The van der Waals surface area contributed by atoms with Gasteiger partial charge in [-0.1, -0.05) is 0 Å². The van der Waals surface area contributed by atoms with Gasteiger partial charge in [-0.05, 0) is 55.5 Å². The van der Waals surface area contributed by atoms with E-state index in [0.717, 1.165) is 44.8 Å². The summed E-state index contributed by atoms with van der Waals surface area (Å²) in [4.78, 5) is 23.2. The van der Waals surface area contributed by atoms with Crippen LogP contribution in [0.15, 0.2) is 42.9 Å². The number of ether oxygens (including phenoxy) is 1. The molecule has 0 unspecified atom stereocenters. The monoisotopic (exact) mass is 366 g/mol. The molecule has 0 radical (unpaired) electrons. The number of amides is 1. The number of piperidine rings is 1. The number of carbonyl (C=O) groups excluding carboxylic acids is 1. The number of hydrogen-bond donors (Lipinski definition) is 1. The second kappa shape index (κ2) is 8.48. The summed E-state index contributed by atoms with van der Waals surface area (Å²) < 4.78 is 5.71. The van der Waals surface area contributed by atoms with Crippen LogP contribution in [0.2, 0.25) is 0 Å². The molecule has 142 valence electrons. The molecule has 6 heteroatoms. The fraction of sp³-hybridized carbons (Fsp3) is 0.476. The van der Waals surface area contributed by atoms with Crippen molar-refractivity contribution in [2.24, 2.45) is 5.92 Å². The van der Waals surface area contributed by atoms with Crippen LogP contribution in [0.4, 0.5) is 5.82 Å². The average Bonchev–Trinajstić information content (AvgIpc) is 3.15. The molecule has 6 nitrogen and oxygen atoms in total. The van der Waals surface area contributed by atoms with E-state index in [0.29, 0.717) is 18.1 Å². The van der Waals surface area contributed by atoms with E-state index in [4.69, 9.17) is 4.74 Å². The number of aromatic nitrogens is 2. The number of carbonyl (C=O) groups is 1. The molecular weight excluding hydrogens is 340 g/mol. The molecule has 27 heavy (non-hydrogen) atoms. The Morgan fingerprint density at radius 2 is 1.93 bits per heavy atom. The van der Waals surface area contributed by atoms with Crippen molar-refractivity contribution < 1.29 is 9.53 Å². The minimum Gasteiger partial charge on any atom is -0.379 e. The van der Waals surface area contributed by atoms with Gasteiger partial charge in [0, 0.05) is 43.2 Å². The van der Waals surface area contributed by atoms with Gasteiger partial charge in [-0.3, -0.25) is 9.78 Å². The molecule has 0 saturated carbocycles. The number of anilines is 1. The highest BCUT2D eigenvalue weighted by Crippen LogP contribution is 2.23. The van der Waals surface area contributed by atoms with Crippen LogP contribution in [0.3, 0.4) is 0 Å². The van der Waals surface area contributed by atoms with Crippen molar-refractivity contribution in [3.05, 3.63) is 54.0 Å². The summed E-state index contributed by atoms with van der Waals surface area (Å²) in [6.07, 6.45) is 9.71. The Morgan fingerprint density at radius 1 is 1.11 bits per heavy atom. The van der Waals surface area contributed by atoms with Crippen molar-refractivity contribution in [1.82, 2.24) is 14.9 Å². The minimum absolute atomic E-state index is 0.108. The lowest BCUT2D eigenvalue weighted by Crippen LogP contribution is -2.35. The third-order valence-electron chi connectivity index (χ3n) is 5.43. The zero-order valence-electron chi connectivity index (χ0n) is 15.5. The standard InChI is InChI=1S/C21H26N4O2/c26-21(25-10-2-1-3-11-25)17-6-9-23-20(13-17)24-19-15-27-14-18(19)12-16-4-7-22-8-5-16/h4-9,13,18-19H,1-3,10-12,14-15H2,(H,23,24)/t18-,19-/m1/s1. The van der Waals surface area contributed by atoms with E-state index in [2.05, 4.69) is 15.3 Å². The largest absolute Gasteiger partial charge is 0.379 e. The minimum atomic E-state index is 0.108. The first-order valence-corrected chi connectivity index (χ1v) is 9.78. The van der Waals surface area contributed by atoms with Crippen molar-refractivity contribution in [2.75, 3.05) is 31.6 Å². The van der Waals surface area contributed by atoms with Crippen molar-refractivity contribution in [1.29, 1.82) is 0 Å². The predicted molar refractivity (Wildman–Crippen MR) is 104 cm³/mol. The van der Waals surface area contributed by atoms with E-state index in [1.165, 1.54) is 12.0 Å². The predicted octanol–water partition coefficient (Wildman–Crippen LogP) is 2.77. The molecule has 1 amide bonds. The molecule has 4 heterocycles. The summed E-state index contributed by atoms with van der Waals surface area (Å²) in [5, 5.41) is 3.49. The smallest absolute Gasteiger partial charge is 0.254 e. The van der Waals surface area contributed by atoms with Crippen molar-refractivity contribution in [2.45, 2.75) is 31.7 Å². The third-order valence-corrected chi connectivity index (χ3v) is 5.43. The Kier molecular flexibility index (Phi) is 5.63. The normalized spacial score (nSPS) is 22.6. The number of nitrogens with zero attached hydrogens (tertiary/aromatic N) is 3. The van der Waals surface area contributed by atoms with Gasteiger partial charge in [0.05, 0.1) is 19.3 Å². The molecule has 0 bridgehead atoms. The van der Waals surface area contributed by atoms with Crippen molar-refractivity contribution in [3.8, 4) is 0 Å². The first-order valence-electron chi connectivity index (χ1n) is 9.78. The van der Waals surface area contributed by atoms with Crippen LogP contribution in [0.1, 0.15) is 35.2 Å². The Bertz CT molecular complexity index is 762. The van der Waals surface area contributed by atoms with Gasteiger partial charge in [0.15, 0.2) is 0 Å². The number of rotatable bonds is 5. The van der Waals surface area contributed by atoms with Gasteiger partial charge in [0.2, 0.25) is 0 Å². The molecule has 2 fully saturated rings. The van der Waals surface area contributed by atoms with Gasteiger partial charge in [-0.2, -0.15) is 0 Å². The van der Waals surface area contributed by atoms with Crippen molar-refractivity contribution in [3.63, 3.8) is 0 Å². The lowest BCUT2D eigenvalue weighted by Gasteiger charge is -2.27. The van der Waals surface area contributed by atoms with Gasteiger partial charge in [0.1, 0.15) is 5.82 Å². The van der Waals surface area contributed by atoms with Gasteiger partial charge in [0.25, 0.3) is 5.91 Å². The molecule has 2 atom stereocenters. The molecule has 0 aliphatic carbocycles. The topological polar surface area (TPSA) is 67.3 Å². The SMILES string of the molecule is O=C(c1ccnc(N[C@@H]2COC[C@H]2Cc2ccncc2)c1)N1CCCCC1. The van der Waals surface area contributed by atoms with E-state index in [1.54, 1.807) is 6.20 Å². The highest BCUT2D eigenvalue weighted by atomic mass is 16.5. The van der Waals surface area contributed by atoms with E-state index >= 15 is 0 Å². The summed E-state index contributed by atoms with van der Waals surface area (Å²) in [5.74, 6) is 1.22. The average molecular weight is 366 g/mol. The molecule has 0 spiro atoms. The number of nitrogens with one attached hydrogen (secondary N) is 1. The second-order valence-corrected chi connectivity index (χ2v) is 7.39. The molecular formula is C21H26N4O2. The summed E-state index contributed by atoms with van der Waals surface area (Å²) in [5.41, 5.74) is 1.97. The highest BCUT2D eigenvalue weighted by Gasteiger charge is 2.29. The molecule has 2 aliphatic heterocycles. The summed E-state index contributed by atoms with van der Waals surface area (Å²) in [7, 11) is 0. The Hall–Kier alpha value is -2.47. The Balaban J connectivity index is 1.42. The van der Waals surface area contributed by atoms with E-state index in [9.17, 15) is 4.79 Å². The summed E-state index contributed by atoms with van der Waals surface area (Å²) >= 11 is 0. The van der Waals surface area contributed by atoms with E-state index < -0.39 is 0 Å². The first kappa shape index (κ1) is 17.9. The Morgan fingerprint density at radius 3 is 2.74 bits per heavy atom. The molecule has 0 aromatic carbocycles. The van der Waals surface area contributed by atoms with Crippen LogP contribution in [-0.4, -0.2) is 53.1 Å². The molecule has 1 N–H and O–H groups in total. The number of pyridine rings is 2. The van der Waals surface area contributed by atoms with Gasteiger partial charge in [-0.25, -0.2) is 4.98 Å². The van der Waals surface area contributed by atoms with Crippen LogP contribution in [0.25, 0.3) is 0 Å². The number of hydrogen-bond acceptors (Lipinski definition) is 5. The Labute approximate surface area is 160 Å². The van der Waals surface area contributed by atoms with Gasteiger partial charge in [-0.15, -0.1) is 0 Å². The zero-order chi connectivity index (χ0) is 18.5. The van der Waals surface area contributed by atoms with Crippen LogP contribution in [-0.2, 0) is 11.2 Å². The van der Waals surface area contributed by atoms with Crippen LogP contribution in [0.5, 0.6) is 0 Å². The molecule has 4 rings (SSSR count). The highest BCUT2D eigenvalue weighted by molar-refractivity contribution is 5.94. The molecule has 2 aliphatic rings. The fourth-order valence-corrected chi connectivity index (χ4v) is 3.89. The van der Waals surface area contributed by atoms with Gasteiger partial charge >= 0.3 is 0 Å². The van der Waals surface area contributed by atoms with E-state index in [1.807, 2.05) is 41.6 Å². The quantitative estimate of drug-likeness (QED) is 0.881. The lowest BCUT2D eigenvalue weighted by molar-refractivity contribution is 0.0724. The molecule has 2 aromatic rings. The lowest BCUT2D eigenvalue weighted by atomic mass is 9.95. The van der Waals surface area contributed by atoms with Gasteiger partial charge < -0.3 is 15.0 Å². The fourth-order valence-electron chi connectivity index (χ4n) is 3.89. The van der Waals surface area contributed by atoms with Crippen LogP contribution in [0, 0.1) is 5.92 Å². The second-order valence-electron chi connectivity index (χ2n) is 7.39. The maximum Gasteiger partial charge on any atom is 0.254 e. The van der Waals surface area contributed by atoms with Crippen LogP contribution >= 0.6 is 0 Å². The first-order chi connectivity index (χ1) is 13.3. The van der Waals surface area contributed by atoms with Crippen molar-refractivity contribution >= 4 is 11.7 Å². The molecule has 2 aromatic heterocycles. The van der Waals surface area contributed by atoms with Crippen LogP contribution < -0.4 is 5.32 Å². The maximum absolute atomic E-state index is 12.7. The molecule has 2 saturated heterocycles. The third kappa shape index (κ3) is 4.45. The summed E-state index contributed by atoms with van der Waals surface area (Å²) in [6.45, 7) is 3.09. The maximum atomic E-state index is 12.7. The van der Waals surface area contributed by atoms with E-state index in [-0.39, 0.29) is 11.9 Å².